The molecule has 1 aliphatic rings. The van der Waals surface area contributed by atoms with Gasteiger partial charge in [0.1, 0.15) is 23.5 Å². The smallest absolute Gasteiger partial charge is 0.255 e. The standard InChI is InChI=1S/C26H26FN7O5/c27-20-11-16(21-13-18(39-31-21)14-29-24-5-10-38-32-24)1-4-22(20)33-6-8-34(9-7-33)25(36)15-30-26(37)19-3-2-17(28)12-23(19)35/h1-5,10-13,35H,6-9,14-15,28H2,(H,29,32)(H,30,37). The van der Waals surface area contributed by atoms with E-state index in [1.165, 1.54) is 30.5 Å². The minimum atomic E-state index is -0.577. The lowest BCUT2D eigenvalue weighted by atomic mass is 10.1. The fourth-order valence-electron chi connectivity index (χ4n) is 4.24. The molecule has 0 spiro atoms. The third kappa shape index (κ3) is 5.92. The number of phenolic OH excluding ortho intramolecular Hbond substituents is 1. The maximum atomic E-state index is 15.1. The Balaban J connectivity index is 1.12. The molecule has 0 radical (unpaired) electrons. The van der Waals surface area contributed by atoms with E-state index in [1.54, 1.807) is 29.2 Å². The molecule has 13 heteroatoms. The molecule has 0 bridgehead atoms. The third-order valence-corrected chi connectivity index (χ3v) is 6.32. The first-order chi connectivity index (χ1) is 18.9. The van der Waals surface area contributed by atoms with Crippen molar-refractivity contribution in [2.24, 2.45) is 0 Å². The monoisotopic (exact) mass is 535 g/mol. The number of benzene rings is 2. The van der Waals surface area contributed by atoms with E-state index >= 15 is 4.39 Å². The SMILES string of the molecule is Nc1ccc(C(=O)NCC(=O)N2CCN(c3ccc(-c4cc(CNc5ccon5)on4)cc3F)CC2)c(O)c1. The number of aromatic hydroxyl groups is 1. The number of nitrogens with zero attached hydrogens (tertiary/aromatic N) is 4. The number of nitrogens with two attached hydrogens (primary N) is 1. The van der Waals surface area contributed by atoms with Crippen LogP contribution in [0.25, 0.3) is 11.3 Å². The molecular weight excluding hydrogens is 509 g/mol. The van der Waals surface area contributed by atoms with Gasteiger partial charge in [0.05, 0.1) is 24.3 Å². The maximum absolute atomic E-state index is 15.1. The first-order valence-corrected chi connectivity index (χ1v) is 12.2. The van der Waals surface area contributed by atoms with Crippen molar-refractivity contribution in [1.29, 1.82) is 0 Å². The largest absolute Gasteiger partial charge is 0.507 e. The van der Waals surface area contributed by atoms with Crippen LogP contribution in [0.15, 0.2) is 63.8 Å². The Hall–Kier alpha value is -5.07. The molecule has 12 nitrogen and oxygen atoms in total. The summed E-state index contributed by atoms with van der Waals surface area (Å²) in [7, 11) is 0. The van der Waals surface area contributed by atoms with Gasteiger partial charge >= 0.3 is 0 Å². The summed E-state index contributed by atoms with van der Waals surface area (Å²) in [5.74, 6) is -0.396. The molecular formula is C26H26FN7O5. The van der Waals surface area contributed by atoms with Gasteiger partial charge in [-0.05, 0) is 24.3 Å². The van der Waals surface area contributed by atoms with Gasteiger partial charge in [0.25, 0.3) is 5.91 Å². The van der Waals surface area contributed by atoms with Crippen molar-refractivity contribution in [1.82, 2.24) is 20.5 Å². The normalized spacial score (nSPS) is 13.4. The number of nitrogens with one attached hydrogen (secondary N) is 2. The number of aromatic nitrogens is 2. The predicted molar refractivity (Wildman–Crippen MR) is 139 cm³/mol. The van der Waals surface area contributed by atoms with Crippen molar-refractivity contribution >= 4 is 29.0 Å². The quantitative estimate of drug-likeness (QED) is 0.247. The number of carbonyl (C=O) groups excluding carboxylic acids is 2. The van der Waals surface area contributed by atoms with Gasteiger partial charge in [0, 0.05) is 55.6 Å². The number of anilines is 3. The van der Waals surface area contributed by atoms with Crippen LogP contribution < -0.4 is 21.3 Å². The Kier molecular flexibility index (Phi) is 7.30. The van der Waals surface area contributed by atoms with Crippen molar-refractivity contribution in [3.8, 4) is 17.0 Å². The Morgan fingerprint density at radius 1 is 1.05 bits per heavy atom. The second-order valence-electron chi connectivity index (χ2n) is 8.91. The third-order valence-electron chi connectivity index (χ3n) is 6.32. The molecule has 3 heterocycles. The Morgan fingerprint density at radius 2 is 1.87 bits per heavy atom. The Morgan fingerprint density at radius 3 is 2.59 bits per heavy atom. The van der Waals surface area contributed by atoms with Crippen molar-refractivity contribution in [2.45, 2.75) is 6.54 Å². The van der Waals surface area contributed by atoms with E-state index < -0.39 is 11.7 Å². The van der Waals surface area contributed by atoms with E-state index in [0.29, 0.717) is 66.9 Å². The van der Waals surface area contributed by atoms with E-state index in [1.807, 2.05) is 4.90 Å². The molecule has 2 amide bonds. The predicted octanol–water partition coefficient (Wildman–Crippen LogP) is 2.45. The van der Waals surface area contributed by atoms with Crippen molar-refractivity contribution in [3.63, 3.8) is 0 Å². The highest BCUT2D eigenvalue weighted by Crippen LogP contribution is 2.27. The summed E-state index contributed by atoms with van der Waals surface area (Å²) >= 11 is 0. The minimum Gasteiger partial charge on any atom is -0.507 e. The second kappa shape index (κ2) is 11.1. The topological polar surface area (TPSA) is 163 Å². The van der Waals surface area contributed by atoms with Gasteiger partial charge in [-0.1, -0.05) is 16.4 Å². The molecule has 5 rings (SSSR count). The summed E-state index contributed by atoms with van der Waals surface area (Å²) in [6.07, 6.45) is 1.45. The molecule has 39 heavy (non-hydrogen) atoms. The van der Waals surface area contributed by atoms with Gasteiger partial charge in [-0.2, -0.15) is 0 Å². The highest BCUT2D eigenvalue weighted by atomic mass is 19.1. The molecule has 0 unspecified atom stereocenters. The van der Waals surface area contributed by atoms with Crippen molar-refractivity contribution < 1.29 is 28.1 Å². The van der Waals surface area contributed by atoms with E-state index in [2.05, 4.69) is 20.9 Å². The number of piperazine rings is 1. The van der Waals surface area contributed by atoms with Crippen LogP contribution in [0.2, 0.25) is 0 Å². The average Bonchev–Trinajstić information content (AvgIpc) is 3.63. The van der Waals surface area contributed by atoms with Crippen LogP contribution in [0.3, 0.4) is 0 Å². The number of phenols is 1. The Bertz CT molecular complexity index is 1470. The molecule has 0 aliphatic carbocycles. The van der Waals surface area contributed by atoms with Crippen molar-refractivity contribution in [3.05, 3.63) is 71.9 Å². The van der Waals surface area contributed by atoms with Crippen LogP contribution in [0.1, 0.15) is 16.1 Å². The van der Waals surface area contributed by atoms with E-state index in [9.17, 15) is 14.7 Å². The van der Waals surface area contributed by atoms with Crippen LogP contribution in [-0.2, 0) is 11.3 Å². The van der Waals surface area contributed by atoms with Crippen LogP contribution in [0.5, 0.6) is 5.75 Å². The zero-order valence-electron chi connectivity index (χ0n) is 20.8. The van der Waals surface area contributed by atoms with Crippen LogP contribution in [-0.4, -0.2) is 64.9 Å². The first kappa shape index (κ1) is 25.6. The molecule has 4 aromatic rings. The van der Waals surface area contributed by atoms with E-state index in [-0.39, 0.29) is 23.8 Å². The molecule has 2 aromatic heterocycles. The molecule has 0 atom stereocenters. The Labute approximate surface area is 222 Å². The van der Waals surface area contributed by atoms with Crippen molar-refractivity contribution in [2.75, 3.05) is 48.7 Å². The molecule has 5 N–H and O–H groups in total. The lowest BCUT2D eigenvalue weighted by Crippen LogP contribution is -2.51. The minimum absolute atomic E-state index is 0.0332. The number of rotatable bonds is 8. The summed E-state index contributed by atoms with van der Waals surface area (Å²) < 4.78 is 25.1. The number of hydrogen-bond donors (Lipinski definition) is 4. The lowest BCUT2D eigenvalue weighted by Gasteiger charge is -2.36. The fraction of sp³-hybridized carbons (Fsp3) is 0.231. The van der Waals surface area contributed by atoms with Gasteiger partial charge in [-0.3, -0.25) is 9.59 Å². The fourth-order valence-corrected chi connectivity index (χ4v) is 4.24. The number of hydrogen-bond acceptors (Lipinski definition) is 10. The zero-order chi connectivity index (χ0) is 27.4. The van der Waals surface area contributed by atoms with Gasteiger partial charge in [0.2, 0.25) is 5.91 Å². The number of nitrogen functional groups attached to an aromatic ring is 1. The highest BCUT2D eigenvalue weighted by Gasteiger charge is 2.24. The van der Waals surface area contributed by atoms with Crippen LogP contribution in [0, 0.1) is 5.82 Å². The summed E-state index contributed by atoms with van der Waals surface area (Å²) in [6, 6.07) is 12.4. The molecule has 1 saturated heterocycles. The van der Waals surface area contributed by atoms with Gasteiger partial charge in [0.15, 0.2) is 11.6 Å². The van der Waals surface area contributed by atoms with Gasteiger partial charge in [-0.15, -0.1) is 0 Å². The maximum Gasteiger partial charge on any atom is 0.255 e. The molecule has 0 saturated carbocycles. The van der Waals surface area contributed by atoms with Crippen LogP contribution in [0.4, 0.5) is 21.6 Å². The molecule has 202 valence electrons. The summed E-state index contributed by atoms with van der Waals surface area (Å²) in [5, 5.41) is 23.2. The lowest BCUT2D eigenvalue weighted by molar-refractivity contribution is -0.130. The molecule has 1 fully saturated rings. The average molecular weight is 536 g/mol. The number of carbonyl (C=O) groups is 2. The summed E-state index contributed by atoms with van der Waals surface area (Å²) in [5.41, 5.74) is 7.43. The van der Waals surface area contributed by atoms with Crippen LogP contribution >= 0.6 is 0 Å². The number of amides is 2. The van der Waals surface area contributed by atoms with Gasteiger partial charge in [-0.25, -0.2) is 4.39 Å². The van der Waals surface area contributed by atoms with E-state index in [0.717, 1.165) is 0 Å². The summed E-state index contributed by atoms with van der Waals surface area (Å²) in [4.78, 5) is 28.4. The molecule has 2 aromatic carbocycles. The summed E-state index contributed by atoms with van der Waals surface area (Å²) in [6.45, 7) is 1.71. The number of halogens is 1. The highest BCUT2D eigenvalue weighted by molar-refractivity contribution is 5.99. The first-order valence-electron chi connectivity index (χ1n) is 12.2. The van der Waals surface area contributed by atoms with Gasteiger partial charge < -0.3 is 40.3 Å². The molecule has 1 aliphatic heterocycles. The van der Waals surface area contributed by atoms with E-state index in [4.69, 9.17) is 14.8 Å². The second-order valence-corrected chi connectivity index (χ2v) is 8.91. The zero-order valence-corrected chi connectivity index (χ0v) is 20.8.